The lowest BCUT2D eigenvalue weighted by Gasteiger charge is -2.26. The van der Waals surface area contributed by atoms with Gasteiger partial charge in [-0.3, -0.25) is 14.4 Å². The Kier molecular flexibility index (Phi) is 6.80. The first kappa shape index (κ1) is 24.3. The summed E-state index contributed by atoms with van der Waals surface area (Å²) < 4.78 is 11.0. The largest absolute Gasteiger partial charge is 0.469 e. The molecule has 7 nitrogen and oxygen atoms in total. The van der Waals surface area contributed by atoms with Gasteiger partial charge in [-0.05, 0) is 30.5 Å². The summed E-state index contributed by atoms with van der Waals surface area (Å²) >= 11 is 6.76. The molecule has 0 saturated heterocycles. The summed E-state index contributed by atoms with van der Waals surface area (Å²) in [5, 5.41) is 6.19. The van der Waals surface area contributed by atoms with Crippen LogP contribution in [0.3, 0.4) is 0 Å². The van der Waals surface area contributed by atoms with E-state index in [2.05, 4.69) is 10.6 Å². The van der Waals surface area contributed by atoms with Crippen LogP contribution in [-0.4, -0.2) is 38.7 Å². The van der Waals surface area contributed by atoms with E-state index in [4.69, 9.17) is 21.1 Å². The Morgan fingerprint density at radius 3 is 2.09 bits per heavy atom. The first-order chi connectivity index (χ1) is 16.8. The first-order valence-corrected chi connectivity index (χ1v) is 11.5. The van der Waals surface area contributed by atoms with E-state index in [-0.39, 0.29) is 45.9 Å². The van der Waals surface area contributed by atoms with Crippen molar-refractivity contribution in [3.63, 3.8) is 0 Å². The molecule has 3 aromatic carbocycles. The van der Waals surface area contributed by atoms with Crippen LogP contribution in [0.2, 0.25) is 5.02 Å². The summed E-state index contributed by atoms with van der Waals surface area (Å²) in [6.45, 7) is 1.88. The highest BCUT2D eigenvalue weighted by molar-refractivity contribution is 6.40. The minimum atomic E-state index is -0.285. The van der Waals surface area contributed by atoms with E-state index >= 15 is 0 Å². The van der Waals surface area contributed by atoms with Gasteiger partial charge in [-0.2, -0.15) is 0 Å². The molecule has 3 aromatic rings. The standard InChI is InChI=1S/C27H25ClN2O5/c1-14-13-15(10-12-19(31)34-4)9-11-18(14)35-27-22(28)23(29-2)20-21(24(27)30-3)26(33)17-8-6-5-7-16(17)25(20)32/h5-9,11,13,29-30H,10,12H2,1-4H3. The quantitative estimate of drug-likeness (QED) is 0.333. The average Bonchev–Trinajstić information content (AvgIpc) is 2.87. The summed E-state index contributed by atoms with van der Waals surface area (Å²) in [5.74, 6) is -0.0728. The molecule has 0 radical (unpaired) electrons. The van der Waals surface area contributed by atoms with Crippen molar-refractivity contribution < 1.29 is 23.9 Å². The lowest BCUT2D eigenvalue weighted by molar-refractivity contribution is -0.140. The van der Waals surface area contributed by atoms with Crippen LogP contribution in [-0.2, 0) is 16.0 Å². The van der Waals surface area contributed by atoms with E-state index in [1.54, 1.807) is 44.4 Å². The number of hydrogen-bond acceptors (Lipinski definition) is 7. The molecule has 1 aliphatic carbocycles. The van der Waals surface area contributed by atoms with Crippen LogP contribution < -0.4 is 15.4 Å². The monoisotopic (exact) mass is 492 g/mol. The second-order valence-corrected chi connectivity index (χ2v) is 8.50. The van der Waals surface area contributed by atoms with Gasteiger partial charge in [-0.1, -0.05) is 48.0 Å². The molecular formula is C27H25ClN2O5. The molecule has 180 valence electrons. The highest BCUT2D eigenvalue weighted by Crippen LogP contribution is 2.49. The summed E-state index contributed by atoms with van der Waals surface area (Å²) in [7, 11) is 4.66. The van der Waals surface area contributed by atoms with Gasteiger partial charge in [-0.25, -0.2) is 0 Å². The van der Waals surface area contributed by atoms with Crippen molar-refractivity contribution in [2.45, 2.75) is 19.8 Å². The number of anilines is 2. The third kappa shape index (κ3) is 4.23. The Balaban J connectivity index is 1.81. The average molecular weight is 493 g/mol. The predicted molar refractivity (Wildman–Crippen MR) is 135 cm³/mol. The van der Waals surface area contributed by atoms with Crippen molar-refractivity contribution >= 4 is 40.5 Å². The van der Waals surface area contributed by atoms with Crippen LogP contribution in [0.4, 0.5) is 11.4 Å². The van der Waals surface area contributed by atoms with Gasteiger partial charge in [0.1, 0.15) is 10.8 Å². The number of fused-ring (bicyclic) bond motifs is 2. The number of hydrogen-bond donors (Lipinski definition) is 2. The number of halogens is 1. The van der Waals surface area contributed by atoms with Crippen LogP contribution in [0, 0.1) is 6.92 Å². The minimum absolute atomic E-state index is 0.185. The fraction of sp³-hybridized carbons (Fsp3) is 0.222. The van der Waals surface area contributed by atoms with E-state index in [0.29, 0.717) is 34.7 Å². The SMILES string of the molecule is CNc1c(Cl)c(Oc2ccc(CCC(=O)OC)cc2C)c(NC)c2c1C(=O)c1ccccc1C2=O. The van der Waals surface area contributed by atoms with Gasteiger partial charge in [0.25, 0.3) is 0 Å². The van der Waals surface area contributed by atoms with E-state index < -0.39 is 0 Å². The molecule has 0 unspecified atom stereocenters. The van der Waals surface area contributed by atoms with Gasteiger partial charge in [0.05, 0.1) is 29.6 Å². The van der Waals surface area contributed by atoms with Gasteiger partial charge >= 0.3 is 5.97 Å². The van der Waals surface area contributed by atoms with Crippen LogP contribution >= 0.6 is 11.6 Å². The number of ketones is 2. The number of rotatable bonds is 7. The maximum absolute atomic E-state index is 13.5. The van der Waals surface area contributed by atoms with Gasteiger partial charge < -0.3 is 20.1 Å². The third-order valence-electron chi connectivity index (χ3n) is 6.06. The van der Waals surface area contributed by atoms with E-state index in [1.807, 2.05) is 19.1 Å². The molecule has 0 bridgehead atoms. The Hall–Kier alpha value is -3.84. The normalized spacial score (nSPS) is 12.0. The summed E-state index contributed by atoms with van der Waals surface area (Å²) in [5.41, 5.74) is 3.55. The highest BCUT2D eigenvalue weighted by atomic mass is 35.5. The molecule has 0 aliphatic heterocycles. The van der Waals surface area contributed by atoms with Gasteiger partial charge in [0.15, 0.2) is 17.3 Å². The van der Waals surface area contributed by atoms with Crippen LogP contribution in [0.25, 0.3) is 0 Å². The van der Waals surface area contributed by atoms with Crippen molar-refractivity contribution in [3.8, 4) is 11.5 Å². The molecule has 0 spiro atoms. The number of carbonyl (C=O) groups is 3. The number of carbonyl (C=O) groups excluding carboxylic acids is 3. The number of methoxy groups -OCH3 is 1. The summed E-state index contributed by atoms with van der Waals surface area (Å²) in [4.78, 5) is 38.4. The van der Waals surface area contributed by atoms with Crippen molar-refractivity contribution in [1.82, 2.24) is 0 Å². The Labute approximate surface area is 208 Å². The maximum Gasteiger partial charge on any atom is 0.305 e. The molecule has 2 N–H and O–H groups in total. The zero-order chi connectivity index (χ0) is 25.3. The Bertz CT molecular complexity index is 1370. The zero-order valence-electron chi connectivity index (χ0n) is 19.9. The second kappa shape index (κ2) is 9.80. The topological polar surface area (TPSA) is 93.7 Å². The molecule has 0 saturated carbocycles. The fourth-order valence-corrected chi connectivity index (χ4v) is 4.63. The van der Waals surface area contributed by atoms with Crippen molar-refractivity contribution in [3.05, 3.63) is 80.9 Å². The minimum Gasteiger partial charge on any atom is -0.469 e. The molecule has 8 heteroatoms. The predicted octanol–water partition coefficient (Wildman–Crippen LogP) is 5.41. The van der Waals surface area contributed by atoms with Crippen LogP contribution in [0.5, 0.6) is 11.5 Å². The molecule has 0 fully saturated rings. The Morgan fingerprint density at radius 1 is 0.943 bits per heavy atom. The summed E-state index contributed by atoms with van der Waals surface area (Å²) in [6.07, 6.45) is 0.814. The molecular weight excluding hydrogens is 468 g/mol. The second-order valence-electron chi connectivity index (χ2n) is 8.12. The van der Waals surface area contributed by atoms with Gasteiger partial charge in [0, 0.05) is 31.6 Å². The maximum atomic E-state index is 13.5. The number of aryl methyl sites for hydroxylation is 2. The lowest BCUT2D eigenvalue weighted by atomic mass is 9.82. The molecule has 1 aliphatic rings. The van der Waals surface area contributed by atoms with Crippen molar-refractivity contribution in [2.75, 3.05) is 31.8 Å². The number of benzene rings is 3. The van der Waals surface area contributed by atoms with Crippen LogP contribution in [0.1, 0.15) is 49.4 Å². The van der Waals surface area contributed by atoms with E-state index in [1.165, 1.54) is 7.11 Å². The lowest BCUT2D eigenvalue weighted by Crippen LogP contribution is -2.24. The molecule has 0 atom stereocenters. The zero-order valence-corrected chi connectivity index (χ0v) is 20.6. The van der Waals surface area contributed by atoms with E-state index in [0.717, 1.165) is 11.1 Å². The molecule has 4 rings (SSSR count). The smallest absolute Gasteiger partial charge is 0.305 e. The van der Waals surface area contributed by atoms with Gasteiger partial charge in [0.2, 0.25) is 0 Å². The first-order valence-electron chi connectivity index (χ1n) is 11.1. The van der Waals surface area contributed by atoms with Crippen molar-refractivity contribution in [1.29, 1.82) is 0 Å². The molecule has 0 aromatic heterocycles. The summed E-state index contributed by atoms with van der Waals surface area (Å²) in [6, 6.07) is 12.3. The Morgan fingerprint density at radius 2 is 1.54 bits per heavy atom. The molecule has 35 heavy (non-hydrogen) atoms. The third-order valence-corrected chi connectivity index (χ3v) is 6.42. The van der Waals surface area contributed by atoms with Crippen molar-refractivity contribution in [2.24, 2.45) is 0 Å². The number of esters is 1. The number of nitrogens with one attached hydrogen (secondary N) is 2. The van der Waals surface area contributed by atoms with Crippen LogP contribution in [0.15, 0.2) is 42.5 Å². The number of ether oxygens (including phenoxy) is 2. The van der Waals surface area contributed by atoms with Gasteiger partial charge in [-0.15, -0.1) is 0 Å². The molecule has 0 amide bonds. The molecule has 0 heterocycles. The van der Waals surface area contributed by atoms with E-state index in [9.17, 15) is 14.4 Å². The highest BCUT2D eigenvalue weighted by Gasteiger charge is 2.37. The fourth-order valence-electron chi connectivity index (χ4n) is 4.31.